The number of aryl methyl sites for hydroxylation is 2. The van der Waals surface area contributed by atoms with Gasteiger partial charge in [0.05, 0.1) is 11.9 Å². The van der Waals surface area contributed by atoms with Crippen LogP contribution < -0.4 is 9.62 Å². The molecular formula is C32H38ClN3O4S. The number of sulfonamides is 1. The second-order valence-electron chi connectivity index (χ2n) is 10.9. The SMILES string of the molecule is Cc1ccc(N(CC(=O)N(Cc2ccc(Cl)cc2)[C@H](Cc2ccccc2)C(=O)NC2CCCC2)S(C)(=O)=O)c(C)c1. The molecule has 0 unspecified atom stereocenters. The number of hydrogen-bond acceptors (Lipinski definition) is 4. The Hall–Kier alpha value is -3.36. The van der Waals surface area contributed by atoms with Crippen molar-refractivity contribution in [3.8, 4) is 0 Å². The van der Waals surface area contributed by atoms with Gasteiger partial charge in [-0.1, -0.05) is 84.6 Å². The third-order valence-electron chi connectivity index (χ3n) is 7.54. The highest BCUT2D eigenvalue weighted by molar-refractivity contribution is 7.92. The molecule has 1 aliphatic carbocycles. The molecule has 4 rings (SSSR count). The van der Waals surface area contributed by atoms with Crippen LogP contribution in [0, 0.1) is 13.8 Å². The molecule has 3 aromatic rings. The van der Waals surface area contributed by atoms with Crippen molar-refractivity contribution >= 4 is 39.1 Å². The molecule has 0 spiro atoms. The molecule has 0 aliphatic heterocycles. The van der Waals surface area contributed by atoms with Gasteiger partial charge in [-0.25, -0.2) is 8.42 Å². The summed E-state index contributed by atoms with van der Waals surface area (Å²) in [4.78, 5) is 29.6. The van der Waals surface area contributed by atoms with Gasteiger partial charge in [-0.05, 0) is 61.6 Å². The number of carbonyl (C=O) groups excluding carboxylic acids is 2. The predicted molar refractivity (Wildman–Crippen MR) is 164 cm³/mol. The van der Waals surface area contributed by atoms with E-state index >= 15 is 0 Å². The Kier molecular flexibility index (Phi) is 10.1. The summed E-state index contributed by atoms with van der Waals surface area (Å²) in [5.41, 5.74) is 3.86. The van der Waals surface area contributed by atoms with Gasteiger partial charge in [-0.15, -0.1) is 0 Å². The number of amides is 2. The van der Waals surface area contributed by atoms with Crippen molar-refractivity contribution in [3.05, 3.63) is 100 Å². The Morgan fingerprint density at radius 2 is 1.61 bits per heavy atom. The molecule has 41 heavy (non-hydrogen) atoms. The lowest BCUT2D eigenvalue weighted by Crippen LogP contribution is -2.54. The lowest BCUT2D eigenvalue weighted by atomic mass is 10.0. The van der Waals surface area contributed by atoms with Crippen LogP contribution in [0.3, 0.4) is 0 Å². The van der Waals surface area contributed by atoms with Gasteiger partial charge in [0.25, 0.3) is 0 Å². The third kappa shape index (κ3) is 8.33. The van der Waals surface area contributed by atoms with Crippen molar-refractivity contribution in [2.75, 3.05) is 17.1 Å². The van der Waals surface area contributed by atoms with Crippen molar-refractivity contribution in [2.24, 2.45) is 0 Å². The topological polar surface area (TPSA) is 86.8 Å². The molecule has 0 aromatic heterocycles. The number of halogens is 1. The van der Waals surface area contributed by atoms with Crippen molar-refractivity contribution in [1.29, 1.82) is 0 Å². The molecule has 0 saturated heterocycles. The third-order valence-corrected chi connectivity index (χ3v) is 8.92. The fourth-order valence-corrected chi connectivity index (χ4v) is 6.42. The van der Waals surface area contributed by atoms with Crippen molar-refractivity contribution in [1.82, 2.24) is 10.2 Å². The van der Waals surface area contributed by atoms with E-state index in [1.807, 2.05) is 68.4 Å². The van der Waals surface area contributed by atoms with Crippen LogP contribution in [0.4, 0.5) is 5.69 Å². The van der Waals surface area contributed by atoms with Crippen molar-refractivity contribution in [3.63, 3.8) is 0 Å². The Bertz CT molecular complexity index is 1460. The maximum Gasteiger partial charge on any atom is 0.244 e. The molecule has 0 bridgehead atoms. The minimum Gasteiger partial charge on any atom is -0.352 e. The van der Waals surface area contributed by atoms with E-state index < -0.39 is 28.5 Å². The van der Waals surface area contributed by atoms with E-state index in [9.17, 15) is 18.0 Å². The monoisotopic (exact) mass is 595 g/mol. The number of anilines is 1. The van der Waals surface area contributed by atoms with Crippen LogP contribution in [0.15, 0.2) is 72.8 Å². The van der Waals surface area contributed by atoms with Gasteiger partial charge >= 0.3 is 0 Å². The molecule has 218 valence electrons. The molecule has 0 radical (unpaired) electrons. The standard InChI is InChI=1S/C32H38ClN3O4S/c1-23-13-18-29(24(2)19-23)36(41(3,39)40)22-31(37)35(21-26-14-16-27(33)17-15-26)30(20-25-9-5-4-6-10-25)32(38)34-28-11-7-8-12-28/h4-6,9-10,13-19,28,30H,7-8,11-12,20-22H2,1-3H3,(H,34,38)/t30-/m1/s1. The summed E-state index contributed by atoms with van der Waals surface area (Å²) in [6.07, 6.45) is 5.31. The minimum absolute atomic E-state index is 0.0657. The van der Waals surface area contributed by atoms with Crippen LogP contribution in [0.5, 0.6) is 0 Å². The normalized spacial score (nSPS) is 14.4. The first-order valence-electron chi connectivity index (χ1n) is 13.9. The zero-order chi connectivity index (χ0) is 29.6. The molecule has 9 heteroatoms. The van der Waals surface area contributed by atoms with E-state index in [-0.39, 0.29) is 18.5 Å². The molecule has 1 aliphatic rings. The van der Waals surface area contributed by atoms with E-state index in [4.69, 9.17) is 11.6 Å². The summed E-state index contributed by atoms with van der Waals surface area (Å²) in [5, 5.41) is 3.73. The Morgan fingerprint density at radius 3 is 2.22 bits per heavy atom. The van der Waals surface area contributed by atoms with Gasteiger partial charge in [-0.2, -0.15) is 0 Å². The van der Waals surface area contributed by atoms with Crippen molar-refractivity contribution < 1.29 is 18.0 Å². The molecule has 3 aromatic carbocycles. The molecule has 1 atom stereocenters. The molecule has 2 amide bonds. The average Bonchev–Trinajstić information content (AvgIpc) is 3.43. The van der Waals surface area contributed by atoms with Crippen LogP contribution in [-0.4, -0.2) is 50.0 Å². The second-order valence-corrected chi connectivity index (χ2v) is 13.2. The first kappa shape index (κ1) is 30.6. The van der Waals surface area contributed by atoms with Gasteiger partial charge in [0, 0.05) is 24.0 Å². The predicted octanol–water partition coefficient (Wildman–Crippen LogP) is 5.42. The van der Waals surface area contributed by atoms with Gasteiger partial charge in [0.1, 0.15) is 12.6 Å². The summed E-state index contributed by atoms with van der Waals surface area (Å²) in [7, 11) is -3.82. The Labute approximate surface area is 248 Å². The van der Waals surface area contributed by atoms with Gasteiger partial charge < -0.3 is 10.2 Å². The highest BCUT2D eigenvalue weighted by Gasteiger charge is 2.34. The van der Waals surface area contributed by atoms with Gasteiger partial charge in [-0.3, -0.25) is 13.9 Å². The number of nitrogens with one attached hydrogen (secondary N) is 1. The maximum atomic E-state index is 14.2. The van der Waals surface area contributed by atoms with E-state index in [1.54, 1.807) is 18.2 Å². The molecule has 0 heterocycles. The molecule has 7 nitrogen and oxygen atoms in total. The van der Waals surface area contributed by atoms with Crippen LogP contribution in [0.1, 0.15) is 47.9 Å². The van der Waals surface area contributed by atoms with Crippen LogP contribution in [-0.2, 0) is 32.6 Å². The number of hydrogen-bond donors (Lipinski definition) is 1. The van der Waals surface area contributed by atoms with Crippen molar-refractivity contribution in [2.45, 2.75) is 64.6 Å². The van der Waals surface area contributed by atoms with Crippen LogP contribution in [0.2, 0.25) is 5.02 Å². The highest BCUT2D eigenvalue weighted by atomic mass is 35.5. The number of rotatable bonds is 11. The quantitative estimate of drug-likeness (QED) is 0.321. The summed E-state index contributed by atoms with van der Waals surface area (Å²) < 4.78 is 27.2. The maximum absolute atomic E-state index is 14.2. The molecular weight excluding hydrogens is 558 g/mol. The first-order chi connectivity index (χ1) is 19.5. The summed E-state index contributed by atoms with van der Waals surface area (Å²) in [5.74, 6) is -0.701. The van der Waals surface area contributed by atoms with E-state index in [1.165, 1.54) is 4.90 Å². The number of carbonyl (C=O) groups is 2. The van der Waals surface area contributed by atoms with Crippen LogP contribution in [0.25, 0.3) is 0 Å². The zero-order valence-corrected chi connectivity index (χ0v) is 25.4. The first-order valence-corrected chi connectivity index (χ1v) is 16.2. The highest BCUT2D eigenvalue weighted by Crippen LogP contribution is 2.25. The Balaban J connectivity index is 1.73. The Morgan fingerprint density at radius 1 is 0.951 bits per heavy atom. The number of nitrogens with zero attached hydrogens (tertiary/aromatic N) is 2. The smallest absolute Gasteiger partial charge is 0.244 e. The van der Waals surface area contributed by atoms with E-state index in [0.29, 0.717) is 17.1 Å². The fourth-order valence-electron chi connectivity index (χ4n) is 5.39. The molecule has 1 fully saturated rings. The summed E-state index contributed by atoms with van der Waals surface area (Å²) in [6, 6.07) is 21.3. The second kappa shape index (κ2) is 13.5. The fraction of sp³-hybridized carbons (Fsp3) is 0.375. The summed E-state index contributed by atoms with van der Waals surface area (Å²) in [6.45, 7) is 3.44. The molecule has 1 N–H and O–H groups in total. The number of benzene rings is 3. The lowest BCUT2D eigenvalue weighted by Gasteiger charge is -2.34. The minimum atomic E-state index is -3.82. The van der Waals surface area contributed by atoms with E-state index in [0.717, 1.165) is 58.5 Å². The summed E-state index contributed by atoms with van der Waals surface area (Å²) >= 11 is 6.12. The zero-order valence-electron chi connectivity index (χ0n) is 23.8. The molecule has 1 saturated carbocycles. The average molecular weight is 596 g/mol. The van der Waals surface area contributed by atoms with Crippen LogP contribution >= 0.6 is 11.6 Å². The van der Waals surface area contributed by atoms with Gasteiger partial charge in [0.2, 0.25) is 21.8 Å². The largest absolute Gasteiger partial charge is 0.352 e. The van der Waals surface area contributed by atoms with E-state index in [2.05, 4.69) is 5.32 Å². The van der Waals surface area contributed by atoms with Gasteiger partial charge in [0.15, 0.2) is 0 Å². The lowest BCUT2D eigenvalue weighted by molar-refractivity contribution is -0.140.